The second-order valence-corrected chi connectivity index (χ2v) is 6.87. The number of nitrogens with zero attached hydrogens (tertiary/aromatic N) is 4. The van der Waals surface area contributed by atoms with E-state index in [0.29, 0.717) is 6.42 Å². The van der Waals surface area contributed by atoms with Crippen LogP contribution in [0.1, 0.15) is 44.7 Å². The van der Waals surface area contributed by atoms with Crippen molar-refractivity contribution in [3.63, 3.8) is 0 Å². The summed E-state index contributed by atoms with van der Waals surface area (Å²) >= 11 is 0. The number of urea groups is 1. The van der Waals surface area contributed by atoms with Crippen LogP contribution in [0.3, 0.4) is 0 Å². The Morgan fingerprint density at radius 2 is 2.24 bits per heavy atom. The zero-order valence-corrected chi connectivity index (χ0v) is 14.8. The van der Waals surface area contributed by atoms with Crippen molar-refractivity contribution >= 4 is 17.8 Å². The Balaban J connectivity index is 1.63. The molecule has 2 atom stereocenters. The van der Waals surface area contributed by atoms with Gasteiger partial charge in [-0.1, -0.05) is 6.92 Å². The van der Waals surface area contributed by atoms with Gasteiger partial charge in [-0.15, -0.1) is 0 Å². The molecule has 25 heavy (non-hydrogen) atoms. The smallest absolute Gasteiger partial charge is 0.322 e. The van der Waals surface area contributed by atoms with Crippen molar-refractivity contribution < 1.29 is 14.4 Å². The van der Waals surface area contributed by atoms with Gasteiger partial charge in [0.05, 0.1) is 12.7 Å². The molecule has 1 aromatic rings. The quantitative estimate of drug-likeness (QED) is 0.746. The molecule has 0 aromatic carbocycles. The lowest BCUT2D eigenvalue weighted by Gasteiger charge is -2.24. The summed E-state index contributed by atoms with van der Waals surface area (Å²) in [5.41, 5.74) is 2.55. The molecule has 0 saturated carbocycles. The maximum Gasteiger partial charge on any atom is 0.344 e. The summed E-state index contributed by atoms with van der Waals surface area (Å²) in [5.74, 6) is -0.807. The van der Waals surface area contributed by atoms with Crippen molar-refractivity contribution in [2.24, 2.45) is 7.05 Å². The van der Waals surface area contributed by atoms with Gasteiger partial charge in [0.15, 0.2) is 0 Å². The predicted molar refractivity (Wildman–Crippen MR) is 89.0 cm³/mol. The average Bonchev–Trinajstić information content (AvgIpc) is 3.24. The zero-order valence-electron chi connectivity index (χ0n) is 14.8. The van der Waals surface area contributed by atoms with E-state index in [1.165, 1.54) is 0 Å². The molecule has 4 amide bonds. The van der Waals surface area contributed by atoms with Gasteiger partial charge < -0.3 is 5.32 Å². The normalized spacial score (nSPS) is 27.0. The van der Waals surface area contributed by atoms with Gasteiger partial charge in [-0.3, -0.25) is 24.6 Å². The van der Waals surface area contributed by atoms with Gasteiger partial charge in [0.25, 0.3) is 11.8 Å². The molecular formula is C16H24N6O3. The van der Waals surface area contributed by atoms with E-state index in [-0.39, 0.29) is 18.5 Å². The molecule has 0 bridgehead atoms. The SMILES string of the molecule is CC[C@@]1(C)NC(=O)N(NC(=O)CN2CCC[C@@H]2c2cnn(C)c2)C1=O. The fourth-order valence-electron chi connectivity index (χ4n) is 3.38. The fourth-order valence-corrected chi connectivity index (χ4v) is 3.38. The van der Waals surface area contributed by atoms with Gasteiger partial charge in [-0.2, -0.15) is 10.1 Å². The number of imide groups is 1. The van der Waals surface area contributed by atoms with Crippen molar-refractivity contribution in [2.75, 3.05) is 13.1 Å². The van der Waals surface area contributed by atoms with Gasteiger partial charge in [0.1, 0.15) is 5.54 Å². The van der Waals surface area contributed by atoms with E-state index in [9.17, 15) is 14.4 Å². The number of aromatic nitrogens is 2. The van der Waals surface area contributed by atoms with Crippen molar-refractivity contribution in [2.45, 2.75) is 44.7 Å². The molecule has 2 N–H and O–H groups in total. The molecular weight excluding hydrogens is 324 g/mol. The van der Waals surface area contributed by atoms with Crippen LogP contribution >= 0.6 is 0 Å². The molecule has 0 aliphatic carbocycles. The third kappa shape index (κ3) is 3.23. The van der Waals surface area contributed by atoms with Gasteiger partial charge in [0.2, 0.25) is 0 Å². The minimum absolute atomic E-state index is 0.124. The highest BCUT2D eigenvalue weighted by atomic mass is 16.2. The molecule has 2 fully saturated rings. The summed E-state index contributed by atoms with van der Waals surface area (Å²) in [6.07, 6.45) is 6.16. The lowest BCUT2D eigenvalue weighted by Crippen LogP contribution is -2.51. The Morgan fingerprint density at radius 3 is 2.84 bits per heavy atom. The second kappa shape index (κ2) is 6.47. The molecule has 2 aliphatic rings. The van der Waals surface area contributed by atoms with Crippen LogP contribution in [0.25, 0.3) is 0 Å². The minimum Gasteiger partial charge on any atom is -0.322 e. The highest BCUT2D eigenvalue weighted by Crippen LogP contribution is 2.31. The van der Waals surface area contributed by atoms with E-state index >= 15 is 0 Å². The van der Waals surface area contributed by atoms with Crippen LogP contribution in [-0.2, 0) is 16.6 Å². The average molecular weight is 348 g/mol. The lowest BCUT2D eigenvalue weighted by molar-refractivity contribution is -0.139. The van der Waals surface area contributed by atoms with E-state index in [1.54, 1.807) is 11.6 Å². The predicted octanol–water partition coefficient (Wildman–Crippen LogP) is 0.309. The third-order valence-electron chi connectivity index (χ3n) is 5.02. The molecule has 3 heterocycles. The number of carbonyl (C=O) groups excluding carboxylic acids is 3. The first kappa shape index (κ1) is 17.4. The summed E-state index contributed by atoms with van der Waals surface area (Å²) in [6.45, 7) is 4.38. The summed E-state index contributed by atoms with van der Waals surface area (Å²) in [4.78, 5) is 38.7. The number of nitrogens with one attached hydrogen (secondary N) is 2. The van der Waals surface area contributed by atoms with Gasteiger partial charge >= 0.3 is 6.03 Å². The monoisotopic (exact) mass is 348 g/mol. The molecule has 9 heteroatoms. The van der Waals surface area contributed by atoms with Crippen molar-refractivity contribution in [1.82, 2.24) is 30.4 Å². The fraction of sp³-hybridized carbons (Fsp3) is 0.625. The maximum atomic E-state index is 12.4. The van der Waals surface area contributed by atoms with Crippen LogP contribution in [-0.4, -0.2) is 56.2 Å². The Kier molecular flexibility index (Phi) is 4.51. The van der Waals surface area contributed by atoms with Crippen LogP contribution in [0.2, 0.25) is 0 Å². The summed E-state index contributed by atoms with van der Waals surface area (Å²) in [7, 11) is 1.86. The number of hydrogen-bond acceptors (Lipinski definition) is 5. The Hall–Kier alpha value is -2.42. The Labute approximate surface area is 146 Å². The van der Waals surface area contributed by atoms with Crippen LogP contribution in [0.5, 0.6) is 0 Å². The zero-order chi connectivity index (χ0) is 18.2. The number of hydrogen-bond donors (Lipinski definition) is 2. The van der Waals surface area contributed by atoms with E-state index in [2.05, 4.69) is 15.8 Å². The van der Waals surface area contributed by atoms with Gasteiger partial charge in [-0.25, -0.2) is 4.79 Å². The molecule has 2 saturated heterocycles. The largest absolute Gasteiger partial charge is 0.344 e. The molecule has 3 rings (SSSR count). The van der Waals surface area contributed by atoms with E-state index in [4.69, 9.17) is 0 Å². The van der Waals surface area contributed by atoms with E-state index in [0.717, 1.165) is 30.0 Å². The third-order valence-corrected chi connectivity index (χ3v) is 5.02. The first-order valence-corrected chi connectivity index (χ1v) is 8.53. The molecule has 0 unspecified atom stereocenters. The topological polar surface area (TPSA) is 99.6 Å². The number of likely N-dealkylation sites (tertiary alicyclic amines) is 1. The van der Waals surface area contributed by atoms with E-state index < -0.39 is 17.5 Å². The number of amides is 4. The van der Waals surface area contributed by atoms with E-state index in [1.807, 2.05) is 31.3 Å². The van der Waals surface area contributed by atoms with Crippen molar-refractivity contribution in [3.8, 4) is 0 Å². The molecule has 0 spiro atoms. The minimum atomic E-state index is -0.962. The lowest BCUT2D eigenvalue weighted by atomic mass is 10.00. The summed E-state index contributed by atoms with van der Waals surface area (Å²) < 4.78 is 1.74. The first-order chi connectivity index (χ1) is 11.8. The molecule has 1 aromatic heterocycles. The van der Waals surface area contributed by atoms with Gasteiger partial charge in [0, 0.05) is 24.8 Å². The summed E-state index contributed by atoms with van der Waals surface area (Å²) in [5, 5.41) is 7.59. The number of carbonyl (C=O) groups is 3. The van der Waals surface area contributed by atoms with Crippen LogP contribution in [0.15, 0.2) is 12.4 Å². The molecule has 2 aliphatic heterocycles. The second-order valence-electron chi connectivity index (χ2n) is 6.87. The number of aryl methyl sites for hydroxylation is 1. The maximum absolute atomic E-state index is 12.4. The summed E-state index contributed by atoms with van der Waals surface area (Å²) in [6, 6.07) is -0.462. The van der Waals surface area contributed by atoms with Crippen molar-refractivity contribution in [1.29, 1.82) is 0 Å². The van der Waals surface area contributed by atoms with Crippen molar-refractivity contribution in [3.05, 3.63) is 18.0 Å². The van der Waals surface area contributed by atoms with Gasteiger partial charge in [-0.05, 0) is 32.7 Å². The molecule has 136 valence electrons. The highest BCUT2D eigenvalue weighted by Gasteiger charge is 2.47. The highest BCUT2D eigenvalue weighted by molar-refractivity contribution is 6.07. The standard InChI is InChI=1S/C16H24N6O3/c1-4-16(2)14(24)22(15(25)18-16)19-13(23)10-21-7-5-6-12(21)11-8-17-20(3)9-11/h8-9,12H,4-7,10H2,1-3H3,(H,18,25)(H,19,23)/t12-,16-/m1/s1. The van der Waals surface area contributed by atoms with Crippen LogP contribution in [0, 0.1) is 0 Å². The Morgan fingerprint density at radius 1 is 1.48 bits per heavy atom. The molecule has 9 nitrogen and oxygen atoms in total. The first-order valence-electron chi connectivity index (χ1n) is 8.53. The van der Waals surface area contributed by atoms with Crippen LogP contribution in [0.4, 0.5) is 4.79 Å². The van der Waals surface area contributed by atoms with Crippen LogP contribution < -0.4 is 10.7 Å². The number of rotatable bonds is 5. The number of hydrazine groups is 1. The Bertz CT molecular complexity index is 702. The molecule has 0 radical (unpaired) electrons.